The first-order valence-electron chi connectivity index (χ1n) is 10.4. The van der Waals surface area contributed by atoms with Crippen molar-refractivity contribution in [3.05, 3.63) is 71.1 Å². The van der Waals surface area contributed by atoms with Crippen molar-refractivity contribution < 1.29 is 9.59 Å². The highest BCUT2D eigenvalue weighted by Gasteiger charge is 2.39. The van der Waals surface area contributed by atoms with E-state index in [9.17, 15) is 9.59 Å². The molecule has 1 N–H and O–H groups in total. The molecule has 0 fully saturated rings. The molecule has 0 bridgehead atoms. The molecule has 5 nitrogen and oxygen atoms in total. The third-order valence-electron chi connectivity index (χ3n) is 5.73. The average Bonchev–Trinajstić information content (AvgIpc) is 3.01. The summed E-state index contributed by atoms with van der Waals surface area (Å²) < 4.78 is 0. The summed E-state index contributed by atoms with van der Waals surface area (Å²) in [5.41, 5.74) is 4.59. The van der Waals surface area contributed by atoms with E-state index in [4.69, 9.17) is 0 Å². The lowest BCUT2D eigenvalue weighted by Crippen LogP contribution is -2.33. The summed E-state index contributed by atoms with van der Waals surface area (Å²) in [5, 5.41) is 3.04. The Bertz CT molecular complexity index is 951. The molecule has 1 aromatic heterocycles. The van der Waals surface area contributed by atoms with Crippen molar-refractivity contribution in [3.8, 4) is 0 Å². The predicted molar refractivity (Wildman–Crippen MR) is 114 cm³/mol. The Morgan fingerprint density at radius 1 is 1.24 bits per heavy atom. The molecular formula is C24H27N3O2. The molecule has 1 atom stereocenters. The number of amides is 2. The smallest absolute Gasteiger partial charge is 0.260 e. The van der Waals surface area contributed by atoms with Crippen LogP contribution in [0, 0.1) is 6.92 Å². The fourth-order valence-corrected chi connectivity index (χ4v) is 4.26. The van der Waals surface area contributed by atoms with Gasteiger partial charge in [0.2, 0.25) is 5.91 Å². The number of hydrogen-bond donors (Lipinski definition) is 1. The molecule has 2 aliphatic rings. The van der Waals surface area contributed by atoms with Gasteiger partial charge >= 0.3 is 0 Å². The Hall–Kier alpha value is -2.95. The van der Waals surface area contributed by atoms with Crippen molar-refractivity contribution in [2.45, 2.75) is 51.5 Å². The van der Waals surface area contributed by atoms with Gasteiger partial charge in [-0.15, -0.1) is 0 Å². The van der Waals surface area contributed by atoms with Crippen molar-refractivity contribution in [1.29, 1.82) is 0 Å². The number of fused-ring (bicyclic) bond motifs is 1. The summed E-state index contributed by atoms with van der Waals surface area (Å²) in [5.74, 6) is -0.140. The zero-order valence-corrected chi connectivity index (χ0v) is 16.9. The molecular weight excluding hydrogens is 362 g/mol. The van der Waals surface area contributed by atoms with Crippen LogP contribution in [0.4, 0.5) is 5.69 Å². The Morgan fingerprint density at radius 3 is 2.93 bits per heavy atom. The number of carbonyl (C=O) groups excluding carboxylic acids is 2. The van der Waals surface area contributed by atoms with Gasteiger partial charge in [0, 0.05) is 18.4 Å². The van der Waals surface area contributed by atoms with E-state index in [1.54, 1.807) is 23.2 Å². The molecule has 4 rings (SSSR count). The van der Waals surface area contributed by atoms with Crippen molar-refractivity contribution in [3.63, 3.8) is 0 Å². The maximum absolute atomic E-state index is 13.1. The highest BCUT2D eigenvalue weighted by molar-refractivity contribution is 6.11. The predicted octanol–water partition coefficient (Wildman–Crippen LogP) is 4.49. The van der Waals surface area contributed by atoms with Crippen LogP contribution in [0.1, 0.15) is 66.2 Å². The Labute approximate surface area is 171 Å². The molecule has 2 heterocycles. The molecule has 1 aromatic carbocycles. The van der Waals surface area contributed by atoms with Crippen LogP contribution in [0.15, 0.2) is 54.2 Å². The number of aryl methyl sites for hydroxylation is 1. The van der Waals surface area contributed by atoms with Crippen LogP contribution < -0.4 is 10.2 Å². The summed E-state index contributed by atoms with van der Waals surface area (Å²) in [6.07, 6.45) is 9.93. The van der Waals surface area contributed by atoms with Gasteiger partial charge in [0.15, 0.2) is 0 Å². The van der Waals surface area contributed by atoms with E-state index in [1.165, 1.54) is 18.4 Å². The minimum Gasteiger partial charge on any atom is -0.356 e. The second kappa shape index (κ2) is 8.60. The molecule has 2 amide bonds. The molecule has 0 unspecified atom stereocenters. The van der Waals surface area contributed by atoms with Crippen molar-refractivity contribution in [2.24, 2.45) is 0 Å². The number of nitrogens with one attached hydrogen (secondary N) is 1. The van der Waals surface area contributed by atoms with Gasteiger partial charge in [0.1, 0.15) is 0 Å². The minimum atomic E-state index is -0.380. The topological polar surface area (TPSA) is 62.3 Å². The van der Waals surface area contributed by atoms with Crippen LogP contribution in [0.25, 0.3) is 0 Å². The molecule has 0 radical (unpaired) electrons. The molecule has 29 heavy (non-hydrogen) atoms. The summed E-state index contributed by atoms with van der Waals surface area (Å²) >= 11 is 0. The third-order valence-corrected chi connectivity index (χ3v) is 5.73. The first-order chi connectivity index (χ1) is 14.1. The fourth-order valence-electron chi connectivity index (χ4n) is 4.26. The zero-order valence-electron chi connectivity index (χ0n) is 16.9. The lowest BCUT2D eigenvalue weighted by molar-refractivity contribution is -0.121. The number of nitrogens with zero attached hydrogens (tertiary/aromatic N) is 2. The first-order valence-corrected chi connectivity index (χ1v) is 10.4. The maximum atomic E-state index is 13.1. The zero-order chi connectivity index (χ0) is 20.2. The number of aromatic nitrogens is 1. The SMILES string of the molecule is Cc1cccc(N2C(=O)c3cccnc3[C@@H]2CC(=O)NCCC2=CCCCC2)c1. The van der Waals surface area contributed by atoms with Gasteiger partial charge in [-0.05, 0) is 68.9 Å². The highest BCUT2D eigenvalue weighted by atomic mass is 16.2. The number of pyridine rings is 1. The van der Waals surface area contributed by atoms with E-state index < -0.39 is 0 Å². The molecule has 2 aromatic rings. The maximum Gasteiger partial charge on any atom is 0.260 e. The number of hydrogen-bond acceptors (Lipinski definition) is 3. The Balaban J connectivity index is 1.49. The normalized spacial score (nSPS) is 18.4. The standard InChI is InChI=1S/C24H27N3O2/c1-17-7-5-10-19(15-17)27-21(23-20(24(27)29)11-6-13-26-23)16-22(28)25-14-12-18-8-3-2-4-9-18/h5-8,10-11,13,15,21H,2-4,9,12,14,16H2,1H3,(H,25,28)/t21-/m0/s1. The fraction of sp³-hybridized carbons (Fsp3) is 0.375. The first kappa shape index (κ1) is 19.4. The third kappa shape index (κ3) is 4.24. The summed E-state index contributed by atoms with van der Waals surface area (Å²) in [4.78, 5) is 31.9. The van der Waals surface area contributed by atoms with Crippen LogP contribution in [0.5, 0.6) is 0 Å². The quantitative estimate of drug-likeness (QED) is 0.741. The van der Waals surface area contributed by atoms with E-state index in [2.05, 4.69) is 16.4 Å². The number of rotatable bonds is 6. The molecule has 150 valence electrons. The van der Waals surface area contributed by atoms with Gasteiger partial charge in [-0.3, -0.25) is 19.5 Å². The lowest BCUT2D eigenvalue weighted by Gasteiger charge is -2.25. The van der Waals surface area contributed by atoms with Gasteiger partial charge in [-0.25, -0.2) is 0 Å². The second-order valence-corrected chi connectivity index (χ2v) is 7.88. The molecule has 1 aliphatic heterocycles. The number of allylic oxidation sites excluding steroid dienone is 1. The van der Waals surface area contributed by atoms with E-state index in [-0.39, 0.29) is 24.3 Å². The summed E-state index contributed by atoms with van der Waals surface area (Å²) in [7, 11) is 0. The van der Waals surface area contributed by atoms with Crippen LogP contribution >= 0.6 is 0 Å². The minimum absolute atomic E-state index is 0.0460. The monoisotopic (exact) mass is 389 g/mol. The molecule has 0 saturated heterocycles. The van der Waals surface area contributed by atoms with Crippen LogP contribution in [-0.4, -0.2) is 23.3 Å². The summed E-state index contributed by atoms with van der Waals surface area (Å²) in [6, 6.07) is 11.0. The van der Waals surface area contributed by atoms with E-state index in [0.717, 1.165) is 30.5 Å². The van der Waals surface area contributed by atoms with Crippen LogP contribution in [0.3, 0.4) is 0 Å². The van der Waals surface area contributed by atoms with E-state index >= 15 is 0 Å². The lowest BCUT2D eigenvalue weighted by atomic mass is 9.97. The van der Waals surface area contributed by atoms with E-state index in [1.807, 2.05) is 31.2 Å². The molecule has 5 heteroatoms. The molecule has 0 spiro atoms. The summed E-state index contributed by atoms with van der Waals surface area (Å²) in [6.45, 7) is 2.64. The van der Waals surface area contributed by atoms with Gasteiger partial charge in [0.25, 0.3) is 5.91 Å². The largest absolute Gasteiger partial charge is 0.356 e. The van der Waals surface area contributed by atoms with Crippen LogP contribution in [0.2, 0.25) is 0 Å². The van der Waals surface area contributed by atoms with Crippen molar-refractivity contribution in [1.82, 2.24) is 10.3 Å². The van der Waals surface area contributed by atoms with Crippen molar-refractivity contribution in [2.75, 3.05) is 11.4 Å². The van der Waals surface area contributed by atoms with E-state index in [0.29, 0.717) is 17.8 Å². The van der Waals surface area contributed by atoms with Crippen LogP contribution in [-0.2, 0) is 4.79 Å². The van der Waals surface area contributed by atoms with Gasteiger partial charge in [0.05, 0.1) is 23.7 Å². The number of carbonyl (C=O) groups is 2. The van der Waals surface area contributed by atoms with Gasteiger partial charge < -0.3 is 5.32 Å². The van der Waals surface area contributed by atoms with Gasteiger partial charge in [-0.2, -0.15) is 0 Å². The molecule has 0 saturated carbocycles. The number of anilines is 1. The Morgan fingerprint density at radius 2 is 2.14 bits per heavy atom. The van der Waals surface area contributed by atoms with Crippen molar-refractivity contribution >= 4 is 17.5 Å². The highest BCUT2D eigenvalue weighted by Crippen LogP contribution is 2.38. The molecule has 1 aliphatic carbocycles. The second-order valence-electron chi connectivity index (χ2n) is 7.88. The number of benzene rings is 1. The Kier molecular flexibility index (Phi) is 5.74. The average molecular weight is 389 g/mol. The van der Waals surface area contributed by atoms with Gasteiger partial charge in [-0.1, -0.05) is 23.8 Å².